The molecule has 2 N–H and O–H groups in total. The van der Waals surface area contributed by atoms with Gasteiger partial charge in [-0.1, -0.05) is 13.3 Å². The number of hydrogen-bond acceptors (Lipinski definition) is 4. The van der Waals surface area contributed by atoms with Gasteiger partial charge in [-0.05, 0) is 44.9 Å². The normalized spacial score (nSPS) is 30.3. The summed E-state index contributed by atoms with van der Waals surface area (Å²) in [5.74, 6) is 1.09. The zero-order valence-electron chi connectivity index (χ0n) is 15.7. The standard InChI is InChI=1S/C19H29N5O2/c1-3-13-10-15(13)18(25)22-14-6-8-23(12(2)9-14)19(26)16-11-21-24-17(16)5-4-7-20-24/h11-15,20H,3-10H2,1-2H3,(H,22,25). The summed E-state index contributed by atoms with van der Waals surface area (Å²) in [4.78, 5) is 29.0. The quantitative estimate of drug-likeness (QED) is 0.854. The van der Waals surface area contributed by atoms with E-state index in [0.29, 0.717) is 12.5 Å². The summed E-state index contributed by atoms with van der Waals surface area (Å²) in [7, 11) is 0. The van der Waals surface area contributed by atoms with E-state index in [0.717, 1.165) is 56.3 Å². The predicted molar refractivity (Wildman–Crippen MR) is 98.3 cm³/mol. The molecule has 1 saturated carbocycles. The average molecular weight is 359 g/mol. The molecule has 26 heavy (non-hydrogen) atoms. The fraction of sp³-hybridized carbons (Fsp3) is 0.737. The van der Waals surface area contributed by atoms with Crippen LogP contribution in [-0.4, -0.2) is 51.8 Å². The lowest BCUT2D eigenvalue weighted by molar-refractivity contribution is -0.123. The zero-order chi connectivity index (χ0) is 18.3. The molecule has 1 saturated heterocycles. The van der Waals surface area contributed by atoms with E-state index in [1.807, 2.05) is 4.90 Å². The minimum atomic E-state index is 0.0699. The number of rotatable bonds is 4. The molecule has 1 aromatic rings. The minimum Gasteiger partial charge on any atom is -0.353 e. The summed E-state index contributed by atoms with van der Waals surface area (Å²) in [6, 6.07) is 0.303. The lowest BCUT2D eigenvalue weighted by atomic mass is 9.96. The number of hydrogen-bond donors (Lipinski definition) is 2. The number of nitrogens with one attached hydrogen (secondary N) is 2. The summed E-state index contributed by atoms with van der Waals surface area (Å²) >= 11 is 0. The van der Waals surface area contributed by atoms with Gasteiger partial charge in [-0.2, -0.15) is 9.89 Å². The lowest BCUT2D eigenvalue weighted by Gasteiger charge is -2.38. The number of piperidine rings is 1. The highest BCUT2D eigenvalue weighted by molar-refractivity contribution is 5.95. The second-order valence-electron chi connectivity index (χ2n) is 8.02. The van der Waals surface area contributed by atoms with Gasteiger partial charge in [0.2, 0.25) is 5.91 Å². The Morgan fingerprint density at radius 2 is 2.23 bits per heavy atom. The van der Waals surface area contributed by atoms with Crippen molar-refractivity contribution in [3.05, 3.63) is 17.5 Å². The van der Waals surface area contributed by atoms with Crippen molar-refractivity contribution in [1.29, 1.82) is 0 Å². The maximum absolute atomic E-state index is 13.0. The van der Waals surface area contributed by atoms with Crippen molar-refractivity contribution in [2.45, 2.75) is 64.5 Å². The summed E-state index contributed by atoms with van der Waals surface area (Å²) in [5.41, 5.74) is 4.90. The first-order chi connectivity index (χ1) is 12.6. The Hall–Kier alpha value is -2.05. The van der Waals surface area contributed by atoms with Gasteiger partial charge < -0.3 is 15.6 Å². The third-order valence-electron chi connectivity index (χ3n) is 6.22. The predicted octanol–water partition coefficient (Wildman–Crippen LogP) is 1.53. The van der Waals surface area contributed by atoms with Crippen molar-refractivity contribution in [2.24, 2.45) is 11.8 Å². The van der Waals surface area contributed by atoms with Crippen molar-refractivity contribution < 1.29 is 9.59 Å². The summed E-state index contributed by atoms with van der Waals surface area (Å²) in [5, 5.41) is 7.51. The number of carbonyl (C=O) groups excluding carboxylic acids is 2. The Kier molecular flexibility index (Phi) is 4.63. The summed E-state index contributed by atoms with van der Waals surface area (Å²) < 4.78 is 0. The van der Waals surface area contributed by atoms with E-state index in [2.05, 4.69) is 29.7 Å². The fourth-order valence-corrected chi connectivity index (χ4v) is 4.46. The van der Waals surface area contributed by atoms with Crippen LogP contribution in [0.4, 0.5) is 0 Å². The van der Waals surface area contributed by atoms with Crippen molar-refractivity contribution >= 4 is 11.8 Å². The number of aromatic nitrogens is 2. The van der Waals surface area contributed by atoms with E-state index >= 15 is 0 Å². The van der Waals surface area contributed by atoms with E-state index in [-0.39, 0.29) is 29.8 Å². The molecule has 2 aliphatic heterocycles. The molecular formula is C19H29N5O2. The van der Waals surface area contributed by atoms with Crippen LogP contribution in [0.15, 0.2) is 6.20 Å². The Morgan fingerprint density at radius 1 is 1.38 bits per heavy atom. The van der Waals surface area contributed by atoms with Crippen LogP contribution in [0.1, 0.15) is 62.0 Å². The summed E-state index contributed by atoms with van der Waals surface area (Å²) in [6.07, 6.45) is 7.37. The number of carbonyl (C=O) groups is 2. The van der Waals surface area contributed by atoms with Crippen LogP contribution in [0.3, 0.4) is 0 Å². The molecule has 3 heterocycles. The van der Waals surface area contributed by atoms with Gasteiger partial charge in [-0.25, -0.2) is 0 Å². The molecule has 4 unspecified atom stereocenters. The molecule has 1 aromatic heterocycles. The highest BCUT2D eigenvalue weighted by Gasteiger charge is 2.42. The molecule has 2 fully saturated rings. The summed E-state index contributed by atoms with van der Waals surface area (Å²) in [6.45, 7) is 5.81. The van der Waals surface area contributed by atoms with Crippen LogP contribution in [0.5, 0.6) is 0 Å². The molecule has 0 aromatic carbocycles. The molecule has 0 spiro atoms. The number of fused-ring (bicyclic) bond motifs is 1. The molecule has 0 bridgehead atoms. The minimum absolute atomic E-state index is 0.0699. The Balaban J connectivity index is 1.36. The largest absolute Gasteiger partial charge is 0.353 e. The van der Waals surface area contributed by atoms with Gasteiger partial charge in [0.15, 0.2) is 0 Å². The van der Waals surface area contributed by atoms with Crippen LogP contribution >= 0.6 is 0 Å². The molecule has 4 atom stereocenters. The molecule has 0 radical (unpaired) electrons. The number of amides is 2. The molecule has 142 valence electrons. The second-order valence-corrected chi connectivity index (χ2v) is 8.02. The Bertz CT molecular complexity index is 700. The van der Waals surface area contributed by atoms with Crippen LogP contribution in [0.2, 0.25) is 0 Å². The van der Waals surface area contributed by atoms with E-state index in [1.165, 1.54) is 0 Å². The van der Waals surface area contributed by atoms with Crippen LogP contribution < -0.4 is 10.7 Å². The molecule has 4 rings (SSSR count). The highest BCUT2D eigenvalue weighted by Crippen LogP contribution is 2.41. The molecular weight excluding hydrogens is 330 g/mol. The zero-order valence-corrected chi connectivity index (χ0v) is 15.7. The van der Waals surface area contributed by atoms with Gasteiger partial charge in [0.05, 0.1) is 17.5 Å². The van der Waals surface area contributed by atoms with Crippen LogP contribution in [0, 0.1) is 11.8 Å². The first-order valence-electron chi connectivity index (χ1n) is 10.0. The van der Waals surface area contributed by atoms with E-state index < -0.39 is 0 Å². The monoisotopic (exact) mass is 359 g/mol. The van der Waals surface area contributed by atoms with Crippen molar-refractivity contribution in [2.75, 3.05) is 18.5 Å². The van der Waals surface area contributed by atoms with Crippen molar-refractivity contribution in [3.63, 3.8) is 0 Å². The van der Waals surface area contributed by atoms with Gasteiger partial charge in [0, 0.05) is 31.1 Å². The first kappa shape index (κ1) is 17.4. The van der Waals surface area contributed by atoms with Crippen LogP contribution in [-0.2, 0) is 11.2 Å². The van der Waals surface area contributed by atoms with E-state index in [9.17, 15) is 9.59 Å². The lowest BCUT2D eigenvalue weighted by Crippen LogP contribution is -2.51. The average Bonchev–Trinajstić information content (AvgIpc) is 3.32. The Labute approximate surface area is 154 Å². The topological polar surface area (TPSA) is 79.3 Å². The maximum atomic E-state index is 13.0. The van der Waals surface area contributed by atoms with Gasteiger partial charge in [0.25, 0.3) is 5.91 Å². The maximum Gasteiger partial charge on any atom is 0.257 e. The van der Waals surface area contributed by atoms with Gasteiger partial charge in [0.1, 0.15) is 0 Å². The third-order valence-corrected chi connectivity index (χ3v) is 6.22. The first-order valence-corrected chi connectivity index (χ1v) is 10.0. The van der Waals surface area contributed by atoms with E-state index in [4.69, 9.17) is 0 Å². The molecule has 1 aliphatic carbocycles. The Morgan fingerprint density at radius 3 is 2.96 bits per heavy atom. The SMILES string of the molecule is CCC1CC1C(=O)NC1CCN(C(=O)c2cnn3c2CCCN3)C(C)C1. The van der Waals surface area contributed by atoms with Gasteiger partial charge in [-0.3, -0.25) is 9.59 Å². The van der Waals surface area contributed by atoms with E-state index in [1.54, 1.807) is 11.0 Å². The fourth-order valence-electron chi connectivity index (χ4n) is 4.46. The number of likely N-dealkylation sites (tertiary alicyclic amines) is 1. The number of nitrogens with zero attached hydrogens (tertiary/aromatic N) is 3. The molecule has 2 amide bonds. The van der Waals surface area contributed by atoms with Crippen molar-refractivity contribution in [1.82, 2.24) is 20.1 Å². The smallest absolute Gasteiger partial charge is 0.257 e. The molecule has 3 aliphatic rings. The third kappa shape index (κ3) is 3.19. The van der Waals surface area contributed by atoms with Crippen LogP contribution in [0.25, 0.3) is 0 Å². The molecule has 7 heteroatoms. The van der Waals surface area contributed by atoms with Crippen molar-refractivity contribution in [3.8, 4) is 0 Å². The molecule has 7 nitrogen and oxygen atoms in total. The van der Waals surface area contributed by atoms with Gasteiger partial charge in [-0.15, -0.1) is 0 Å². The van der Waals surface area contributed by atoms with Gasteiger partial charge >= 0.3 is 0 Å². The second kappa shape index (κ2) is 6.93. The highest BCUT2D eigenvalue weighted by atomic mass is 16.2.